The Kier molecular flexibility index (Phi) is 5.31. The number of aryl methyl sites for hydroxylation is 1. The van der Waals surface area contributed by atoms with Crippen molar-refractivity contribution in [1.82, 2.24) is 0 Å². The highest BCUT2D eigenvalue weighted by Gasteiger charge is 2.17. The van der Waals surface area contributed by atoms with E-state index >= 15 is 0 Å². The van der Waals surface area contributed by atoms with Gasteiger partial charge in [0, 0.05) is 5.69 Å². The Morgan fingerprint density at radius 1 is 1.04 bits per heavy atom. The average molecular weight is 329 g/mol. The Bertz CT molecular complexity index is 767. The monoisotopic (exact) mass is 329 g/mol. The summed E-state index contributed by atoms with van der Waals surface area (Å²) < 4.78 is 13.1. The van der Waals surface area contributed by atoms with Crippen LogP contribution in [0, 0.1) is 12.7 Å². The number of benzene rings is 2. The maximum atomic E-state index is 13.1. The number of aliphatic hydroxyl groups excluding tert-OH is 1. The summed E-state index contributed by atoms with van der Waals surface area (Å²) in [6.45, 7) is 2.08. The zero-order valence-electron chi connectivity index (χ0n) is 12.9. The van der Waals surface area contributed by atoms with Crippen molar-refractivity contribution in [2.24, 2.45) is 0 Å². The molecule has 0 bridgehead atoms. The van der Waals surface area contributed by atoms with E-state index in [2.05, 4.69) is 0 Å². The van der Waals surface area contributed by atoms with Crippen LogP contribution in [-0.4, -0.2) is 22.1 Å². The molecule has 0 aromatic heterocycles. The molecule has 0 fully saturated rings. The second kappa shape index (κ2) is 7.41. The lowest BCUT2D eigenvalue weighted by atomic mass is 10.1. The first-order chi connectivity index (χ1) is 11.4. The van der Waals surface area contributed by atoms with E-state index in [1.165, 1.54) is 29.2 Å². The second-order valence-corrected chi connectivity index (χ2v) is 5.22. The fourth-order valence-corrected chi connectivity index (χ4v) is 2.05. The number of nitrogens with zero attached hydrogens (tertiary/aromatic N) is 1. The molecule has 5 nitrogen and oxygen atoms in total. The number of anilines is 1. The zero-order valence-corrected chi connectivity index (χ0v) is 12.9. The quantitative estimate of drug-likeness (QED) is 0.652. The highest BCUT2D eigenvalue weighted by Crippen LogP contribution is 2.19. The highest BCUT2D eigenvalue weighted by molar-refractivity contribution is 6.04. The largest absolute Gasteiger partial charge is 0.502 e. The van der Waals surface area contributed by atoms with Gasteiger partial charge in [-0.15, -0.1) is 0 Å². The predicted octanol–water partition coefficient (Wildman–Crippen LogP) is 3.19. The van der Waals surface area contributed by atoms with Gasteiger partial charge in [0.25, 0.3) is 5.91 Å². The normalized spacial score (nSPS) is 11.2. The summed E-state index contributed by atoms with van der Waals surface area (Å²) >= 11 is 0. The van der Waals surface area contributed by atoms with Crippen molar-refractivity contribution in [2.75, 3.05) is 4.90 Å². The Balaban J connectivity index is 2.35. The molecule has 2 N–H and O–H groups in total. The first kappa shape index (κ1) is 17.2. The van der Waals surface area contributed by atoms with E-state index in [1.54, 1.807) is 0 Å². The van der Waals surface area contributed by atoms with Crippen LogP contribution < -0.4 is 4.90 Å². The Labute approximate surface area is 138 Å². The molecule has 0 heterocycles. The molecule has 0 aliphatic rings. The summed E-state index contributed by atoms with van der Waals surface area (Å²) in [5.74, 6) is -3.83. The maximum Gasteiger partial charge on any atom is 0.371 e. The van der Waals surface area contributed by atoms with Crippen molar-refractivity contribution >= 4 is 17.6 Å². The number of hydrogen-bond acceptors (Lipinski definition) is 3. The number of carbonyl (C=O) groups excluding carboxylic acids is 1. The number of aliphatic carboxylic acids is 1. The average Bonchev–Trinajstić information content (AvgIpc) is 2.55. The molecule has 0 aliphatic carbocycles. The molecule has 124 valence electrons. The minimum atomic E-state index is -1.60. The Morgan fingerprint density at radius 2 is 1.62 bits per heavy atom. The van der Waals surface area contributed by atoms with Crippen molar-refractivity contribution in [2.45, 2.75) is 13.5 Å². The number of carboxylic acid groups (broad SMARTS) is 1. The maximum absolute atomic E-state index is 13.1. The molecule has 24 heavy (non-hydrogen) atoms. The van der Waals surface area contributed by atoms with Gasteiger partial charge < -0.3 is 15.1 Å². The molecule has 0 radical (unpaired) electrons. The van der Waals surface area contributed by atoms with Gasteiger partial charge in [0.05, 0.1) is 12.6 Å². The van der Waals surface area contributed by atoms with Gasteiger partial charge >= 0.3 is 5.97 Å². The number of carboxylic acids is 1. The van der Waals surface area contributed by atoms with Crippen molar-refractivity contribution in [1.29, 1.82) is 0 Å². The van der Waals surface area contributed by atoms with Gasteiger partial charge in [-0.25, -0.2) is 9.18 Å². The fourth-order valence-electron chi connectivity index (χ4n) is 2.05. The lowest BCUT2D eigenvalue weighted by Gasteiger charge is -2.22. The number of hydrogen-bond donors (Lipinski definition) is 2. The number of carbonyl (C=O) groups is 2. The summed E-state index contributed by atoms with van der Waals surface area (Å²) in [6.07, 6.45) is 0.625. The third-order valence-electron chi connectivity index (χ3n) is 3.34. The van der Waals surface area contributed by atoms with Crippen LogP contribution >= 0.6 is 0 Å². The minimum Gasteiger partial charge on any atom is -0.502 e. The van der Waals surface area contributed by atoms with Crippen LogP contribution in [-0.2, 0) is 16.1 Å². The topological polar surface area (TPSA) is 77.8 Å². The molecule has 0 saturated carbocycles. The molecule has 0 aliphatic heterocycles. The predicted molar refractivity (Wildman–Crippen MR) is 87.1 cm³/mol. The third kappa shape index (κ3) is 4.42. The SMILES string of the molecule is Cc1ccc(CN(C(=O)C=C(O)C(=O)O)c2ccc(F)cc2)cc1. The molecule has 0 spiro atoms. The molecule has 1 amide bonds. The minimum absolute atomic E-state index is 0.147. The van der Waals surface area contributed by atoms with Crippen molar-refractivity contribution in [3.63, 3.8) is 0 Å². The van der Waals surface area contributed by atoms with Gasteiger partial charge in [0.1, 0.15) is 5.82 Å². The summed E-state index contributed by atoms with van der Waals surface area (Å²) in [7, 11) is 0. The molecule has 0 atom stereocenters. The lowest BCUT2D eigenvalue weighted by Crippen LogP contribution is -2.29. The van der Waals surface area contributed by atoms with E-state index in [4.69, 9.17) is 5.11 Å². The number of amides is 1. The van der Waals surface area contributed by atoms with E-state index in [1.807, 2.05) is 31.2 Å². The van der Waals surface area contributed by atoms with Crippen molar-refractivity contribution in [3.8, 4) is 0 Å². The fraction of sp³-hybridized carbons (Fsp3) is 0.111. The van der Waals surface area contributed by atoms with Crippen LogP contribution in [0.25, 0.3) is 0 Å². The molecular weight excluding hydrogens is 313 g/mol. The van der Waals surface area contributed by atoms with Crippen molar-refractivity contribution < 1.29 is 24.2 Å². The van der Waals surface area contributed by atoms with Gasteiger partial charge in [-0.3, -0.25) is 4.79 Å². The van der Waals surface area contributed by atoms with Crippen molar-refractivity contribution in [3.05, 3.63) is 77.3 Å². The van der Waals surface area contributed by atoms with E-state index in [9.17, 15) is 19.1 Å². The Morgan fingerprint density at radius 3 is 2.17 bits per heavy atom. The molecule has 2 rings (SSSR count). The van der Waals surface area contributed by atoms with E-state index in [0.717, 1.165) is 11.1 Å². The summed E-state index contributed by atoms with van der Waals surface area (Å²) in [6, 6.07) is 12.7. The third-order valence-corrected chi connectivity index (χ3v) is 3.34. The number of aliphatic hydroxyl groups is 1. The van der Waals surface area contributed by atoms with E-state index < -0.39 is 23.5 Å². The molecule has 0 saturated heterocycles. The molecule has 6 heteroatoms. The highest BCUT2D eigenvalue weighted by atomic mass is 19.1. The first-order valence-electron chi connectivity index (χ1n) is 7.13. The van der Waals surface area contributed by atoms with Gasteiger partial charge in [0.15, 0.2) is 0 Å². The number of halogens is 1. The van der Waals surface area contributed by atoms with E-state index in [-0.39, 0.29) is 6.54 Å². The molecule has 2 aromatic rings. The van der Waals surface area contributed by atoms with Gasteiger partial charge in [0.2, 0.25) is 5.76 Å². The molecule has 0 unspecified atom stereocenters. The first-order valence-corrected chi connectivity index (χ1v) is 7.13. The van der Waals surface area contributed by atoms with Gasteiger partial charge in [-0.05, 0) is 36.8 Å². The van der Waals surface area contributed by atoms with Gasteiger partial charge in [-0.2, -0.15) is 0 Å². The van der Waals surface area contributed by atoms with E-state index in [0.29, 0.717) is 11.8 Å². The molecule has 2 aromatic carbocycles. The summed E-state index contributed by atoms with van der Waals surface area (Å²) in [5, 5.41) is 18.0. The smallest absolute Gasteiger partial charge is 0.371 e. The molecular formula is C18H16FNO4. The Hall–Kier alpha value is -3.15. The lowest BCUT2D eigenvalue weighted by molar-refractivity contribution is -0.135. The van der Waals surface area contributed by atoms with Gasteiger partial charge in [-0.1, -0.05) is 29.8 Å². The van der Waals surface area contributed by atoms with Crippen LogP contribution in [0.3, 0.4) is 0 Å². The van der Waals surface area contributed by atoms with Crippen LogP contribution in [0.1, 0.15) is 11.1 Å². The van der Waals surface area contributed by atoms with Crippen LogP contribution in [0.5, 0.6) is 0 Å². The zero-order chi connectivity index (χ0) is 17.7. The summed E-state index contributed by atoms with van der Waals surface area (Å²) in [5.41, 5.74) is 2.25. The van der Waals surface area contributed by atoms with Crippen LogP contribution in [0.15, 0.2) is 60.4 Å². The summed E-state index contributed by atoms with van der Waals surface area (Å²) in [4.78, 5) is 24.3. The second-order valence-electron chi connectivity index (χ2n) is 5.22. The number of rotatable bonds is 5. The van der Waals surface area contributed by atoms with Crippen LogP contribution in [0.4, 0.5) is 10.1 Å². The standard InChI is InChI=1S/C18H16FNO4/c1-12-2-4-13(5-3-12)11-20(15-8-6-14(19)7-9-15)17(22)10-16(21)18(23)24/h2-10,21H,11H2,1H3,(H,23,24). The van der Waals surface area contributed by atoms with Crippen LogP contribution in [0.2, 0.25) is 0 Å².